The second-order valence-corrected chi connectivity index (χ2v) is 25.1. The first-order valence-electron chi connectivity index (χ1n) is 36.1. The Kier molecular flexibility index (Phi) is 56.0. The SMILES string of the molecule is C=C(C)C(=O)CC(COC(=O)CCN(C)CCCOc1ccc(C(=O)c2ccccc2)cc1)COC(=O)C(=C)C.C=C(C)C(=O)OC(=O)C(=C)C.C=CC(=O)OCC(COC(=O)C(=C)C)OC(=O)C(=C)C.C=CC(=O)OCC(O)COC(=O)C(=C)C.CCN(CC)CC.CNCCCOc1ccc(C(=O)c2ccccc2)cc1. The van der Waals surface area contributed by atoms with Gasteiger partial charge in [-0.1, -0.05) is 141 Å². The van der Waals surface area contributed by atoms with E-state index in [2.05, 4.69) is 104 Å². The minimum absolute atomic E-state index is 0.0330. The summed E-state index contributed by atoms with van der Waals surface area (Å²) >= 11 is 0. The highest BCUT2D eigenvalue weighted by atomic mass is 16.6. The zero-order valence-electron chi connectivity index (χ0n) is 67.7. The fourth-order valence-corrected chi connectivity index (χ4v) is 7.88. The van der Waals surface area contributed by atoms with Gasteiger partial charge in [0.1, 0.15) is 44.0 Å². The van der Waals surface area contributed by atoms with Crippen molar-refractivity contribution < 1.29 is 110 Å². The number of hydrogen-bond donors (Lipinski definition) is 2. The van der Waals surface area contributed by atoms with Gasteiger partial charge in [0.2, 0.25) is 0 Å². The topological polar surface area (TPSA) is 336 Å². The molecular weight excluding hydrogens is 1450 g/mol. The number of ether oxygens (including phenoxy) is 10. The Labute approximate surface area is 665 Å². The number of aliphatic hydroxyl groups is 1. The largest absolute Gasteiger partial charge is 0.494 e. The summed E-state index contributed by atoms with van der Waals surface area (Å²) in [5, 5.41) is 12.3. The van der Waals surface area contributed by atoms with E-state index in [-0.39, 0.29) is 103 Å². The number of rotatable bonds is 44. The molecule has 4 aromatic rings. The van der Waals surface area contributed by atoms with Gasteiger partial charge >= 0.3 is 53.7 Å². The van der Waals surface area contributed by atoms with E-state index in [4.69, 9.17) is 33.2 Å². The van der Waals surface area contributed by atoms with Crippen molar-refractivity contribution in [3.05, 3.63) is 242 Å². The zero-order chi connectivity index (χ0) is 86.0. The lowest BCUT2D eigenvalue weighted by Gasteiger charge is -2.18. The fraction of sp³-hybridized carbons (Fsp3) is 0.379. The summed E-state index contributed by atoms with van der Waals surface area (Å²) in [4.78, 5) is 142. The molecular formula is C87H115N3O23. The van der Waals surface area contributed by atoms with E-state index < -0.39 is 71.8 Å². The van der Waals surface area contributed by atoms with Gasteiger partial charge in [-0.3, -0.25) is 19.2 Å². The lowest BCUT2D eigenvalue weighted by molar-refractivity contribution is -0.161. The second kappa shape index (κ2) is 61.1. The molecule has 0 bridgehead atoms. The number of carbonyl (C=O) groups is 12. The van der Waals surface area contributed by atoms with Gasteiger partial charge in [-0.15, -0.1) is 0 Å². The molecule has 0 aromatic heterocycles. The standard InChI is InChI=1S/C32H39NO7.C17H19NO2.C14H18O6.C10H14O5.C8H10O3.C6H15N/c1-23(2)29(34)20-25(22-40-32(37)24(3)4)21-39-30(35)16-18-33(5)17-9-19-38-28-14-12-27(13-15-28)31(36)26-10-7-6-8-11-26;1-18-12-5-13-20-16-10-8-15(9-11-16)17(19)14-6-3-2-4-7-14;1-6-12(15)18-7-11(20-14(17)10(4)5)8-19-13(16)9(2)3;1-4-9(12)14-5-8(11)6-15-10(13)7(2)3;1-5(2)7(9)11-8(10)6(3)4;1-4-7(5-2)6-3/h6-8,10-15,25H,1,3,9,16-22H2,2,4-5H3;2-4,6-11,18H,5,12-13H2,1H3;6,11H,1-2,4,7-8H2,3,5H3;4,8,11H,1-2,5-6H2,3H3;1,3H2,2,4H3;4-6H2,1-3H3. The van der Waals surface area contributed by atoms with Crippen LogP contribution in [-0.2, 0) is 85.8 Å². The number of carbonyl (C=O) groups excluding carboxylic acids is 12. The quantitative estimate of drug-likeness (QED) is 0.0104. The molecule has 4 rings (SSSR count). The molecule has 0 amide bonds. The summed E-state index contributed by atoms with van der Waals surface area (Å²) in [5.41, 5.74) is 4.29. The van der Waals surface area contributed by atoms with Crippen molar-refractivity contribution >= 4 is 71.1 Å². The third-order valence-corrected chi connectivity index (χ3v) is 14.5. The summed E-state index contributed by atoms with van der Waals surface area (Å²) in [5.74, 6) is -4.73. The first kappa shape index (κ1) is 103. The average molecular weight is 1570 g/mol. The van der Waals surface area contributed by atoms with Gasteiger partial charge in [-0.25, -0.2) is 38.4 Å². The third kappa shape index (κ3) is 50.8. The number of aliphatic hydroxyl groups excluding tert-OH is 1. The highest BCUT2D eigenvalue weighted by molar-refractivity contribution is 6.09. The molecule has 3 atom stereocenters. The molecule has 0 saturated heterocycles. The molecule has 0 aliphatic carbocycles. The molecule has 0 aliphatic rings. The molecule has 4 aromatic carbocycles. The van der Waals surface area contributed by atoms with Gasteiger partial charge in [0, 0.05) is 93.3 Å². The van der Waals surface area contributed by atoms with Crippen LogP contribution < -0.4 is 14.8 Å². The first-order chi connectivity index (χ1) is 53.4. The summed E-state index contributed by atoms with van der Waals surface area (Å²) in [6, 6.07) is 32.8. The Hall–Kier alpha value is -11.6. The average Bonchev–Trinajstić information content (AvgIpc) is 0.859. The van der Waals surface area contributed by atoms with E-state index in [9.17, 15) is 62.6 Å². The van der Waals surface area contributed by atoms with E-state index in [0.717, 1.165) is 37.3 Å². The minimum Gasteiger partial charge on any atom is -0.494 e. The minimum atomic E-state index is -1.04. The molecule has 0 fully saturated rings. The van der Waals surface area contributed by atoms with Crippen LogP contribution in [-0.4, -0.2) is 204 Å². The van der Waals surface area contributed by atoms with Crippen molar-refractivity contribution in [1.29, 1.82) is 0 Å². The highest BCUT2D eigenvalue weighted by Gasteiger charge is 2.22. The van der Waals surface area contributed by atoms with E-state index in [1.165, 1.54) is 61.2 Å². The van der Waals surface area contributed by atoms with Crippen LogP contribution in [0.1, 0.15) is 127 Å². The Morgan fingerprint density at radius 1 is 0.442 bits per heavy atom. The predicted molar refractivity (Wildman–Crippen MR) is 432 cm³/mol. The van der Waals surface area contributed by atoms with Crippen LogP contribution in [0.15, 0.2) is 220 Å². The molecule has 26 heteroatoms. The number of hydrogen-bond acceptors (Lipinski definition) is 26. The van der Waals surface area contributed by atoms with Crippen molar-refractivity contribution in [3.63, 3.8) is 0 Å². The molecule has 3 unspecified atom stereocenters. The number of allylic oxidation sites excluding steroid dienone is 1. The van der Waals surface area contributed by atoms with Gasteiger partial charge in [0.25, 0.3) is 0 Å². The van der Waals surface area contributed by atoms with Crippen LogP contribution in [0.5, 0.6) is 11.5 Å². The number of nitrogens with zero attached hydrogens (tertiary/aromatic N) is 2. The van der Waals surface area contributed by atoms with Gasteiger partial charge < -0.3 is 67.6 Å². The van der Waals surface area contributed by atoms with Crippen LogP contribution in [0.25, 0.3) is 0 Å². The Balaban J connectivity index is 0. The van der Waals surface area contributed by atoms with Gasteiger partial charge in [-0.05, 0) is 156 Å². The summed E-state index contributed by atoms with van der Waals surface area (Å²) in [6.45, 7) is 53.3. The van der Waals surface area contributed by atoms with Crippen LogP contribution in [0, 0.1) is 5.92 Å². The van der Waals surface area contributed by atoms with Crippen molar-refractivity contribution in [1.82, 2.24) is 15.1 Å². The second-order valence-electron chi connectivity index (χ2n) is 25.1. The first-order valence-corrected chi connectivity index (χ1v) is 36.1. The Bertz CT molecular complexity index is 3750. The molecule has 616 valence electrons. The predicted octanol–water partition coefficient (Wildman–Crippen LogP) is 11.8. The number of nitrogens with one attached hydrogen (secondary N) is 1. The molecule has 0 heterocycles. The van der Waals surface area contributed by atoms with E-state index in [1.54, 1.807) is 43.3 Å². The van der Waals surface area contributed by atoms with E-state index in [1.807, 2.05) is 91.8 Å². The Morgan fingerprint density at radius 2 is 0.805 bits per heavy atom. The third-order valence-electron chi connectivity index (χ3n) is 14.5. The molecule has 0 aliphatic heterocycles. The summed E-state index contributed by atoms with van der Waals surface area (Å²) < 4.78 is 49.9. The smallest absolute Gasteiger partial charge is 0.340 e. The van der Waals surface area contributed by atoms with Gasteiger partial charge in [0.05, 0.1) is 32.8 Å². The van der Waals surface area contributed by atoms with Crippen molar-refractivity contribution in [2.45, 2.75) is 107 Å². The monoisotopic (exact) mass is 1570 g/mol. The molecule has 113 heavy (non-hydrogen) atoms. The van der Waals surface area contributed by atoms with E-state index >= 15 is 0 Å². The number of benzene rings is 4. The lowest BCUT2D eigenvalue weighted by atomic mass is 10.0. The Morgan fingerprint density at radius 3 is 1.19 bits per heavy atom. The van der Waals surface area contributed by atoms with Crippen LogP contribution in [0.3, 0.4) is 0 Å². The maximum atomic E-state index is 12.5. The van der Waals surface area contributed by atoms with E-state index in [0.29, 0.717) is 59.9 Å². The molecule has 2 N–H and O–H groups in total. The fourth-order valence-electron chi connectivity index (χ4n) is 7.88. The van der Waals surface area contributed by atoms with Gasteiger partial charge in [-0.2, -0.15) is 0 Å². The van der Waals surface area contributed by atoms with Crippen LogP contribution >= 0.6 is 0 Å². The maximum Gasteiger partial charge on any atom is 0.340 e. The van der Waals surface area contributed by atoms with Crippen molar-refractivity contribution in [3.8, 4) is 11.5 Å². The molecule has 0 spiro atoms. The van der Waals surface area contributed by atoms with Crippen molar-refractivity contribution in [2.75, 3.05) is 106 Å². The molecule has 0 saturated carbocycles. The molecule has 0 radical (unpaired) electrons. The zero-order valence-corrected chi connectivity index (χ0v) is 67.7. The van der Waals surface area contributed by atoms with Crippen LogP contribution in [0.4, 0.5) is 0 Å². The lowest BCUT2D eigenvalue weighted by Crippen LogP contribution is -2.30. The normalized spacial score (nSPS) is 10.8. The van der Waals surface area contributed by atoms with Crippen LogP contribution in [0.2, 0.25) is 0 Å². The van der Waals surface area contributed by atoms with Gasteiger partial charge in [0.15, 0.2) is 23.5 Å². The number of esters is 9. The summed E-state index contributed by atoms with van der Waals surface area (Å²) in [7, 11) is 3.83. The molecule has 26 nitrogen and oxygen atoms in total. The summed E-state index contributed by atoms with van der Waals surface area (Å²) in [6.07, 6.45) is 1.93. The maximum absolute atomic E-state index is 12.5. The highest BCUT2D eigenvalue weighted by Crippen LogP contribution is 2.19. The van der Waals surface area contributed by atoms with Crippen molar-refractivity contribution in [2.24, 2.45) is 5.92 Å². The number of ketones is 3. The number of Topliss-reactive ketones (excluding diaryl/α,β-unsaturated/α-hetero) is 1.